The molecule has 2 heterocycles. The van der Waals surface area contributed by atoms with Gasteiger partial charge in [0, 0.05) is 47.4 Å². The second-order valence-corrected chi connectivity index (χ2v) is 11.0. The molecule has 0 radical (unpaired) electrons. The molecule has 196 valence electrons. The van der Waals surface area contributed by atoms with E-state index in [9.17, 15) is 9.59 Å². The lowest BCUT2D eigenvalue weighted by Crippen LogP contribution is -2.43. The molecule has 0 bridgehead atoms. The molecule has 0 aliphatic carbocycles. The Kier molecular flexibility index (Phi) is 7.56. The van der Waals surface area contributed by atoms with Gasteiger partial charge in [-0.05, 0) is 79.4 Å². The van der Waals surface area contributed by atoms with E-state index in [0.717, 1.165) is 51.0 Å². The molecule has 1 saturated heterocycles. The lowest BCUT2D eigenvalue weighted by Gasteiger charge is -2.22. The zero-order valence-corrected chi connectivity index (χ0v) is 23.5. The Bertz CT molecular complexity index is 1510. The van der Waals surface area contributed by atoms with Crippen LogP contribution < -0.4 is 10.6 Å². The summed E-state index contributed by atoms with van der Waals surface area (Å²) in [5, 5.41) is 6.54. The number of ether oxygens (including phenoxy) is 1. The number of hydrogen-bond acceptors (Lipinski definition) is 4. The molecule has 2 amide bonds. The van der Waals surface area contributed by atoms with Crippen LogP contribution in [0.4, 0.5) is 5.69 Å². The van der Waals surface area contributed by atoms with Crippen LogP contribution in [0.15, 0.2) is 65.1 Å². The fraction of sp³-hybridized carbons (Fsp3) is 0.276. The van der Waals surface area contributed by atoms with Crippen LogP contribution in [0.3, 0.4) is 0 Å². The van der Waals surface area contributed by atoms with Gasteiger partial charge in [0.15, 0.2) is 0 Å². The minimum atomic E-state index is -0.754. The van der Waals surface area contributed by atoms with Crippen molar-refractivity contribution >= 4 is 56.1 Å². The topological polar surface area (TPSA) is 85.2 Å². The highest BCUT2D eigenvalue weighted by Gasteiger charge is 2.37. The molecule has 3 aromatic carbocycles. The molecule has 4 aromatic rings. The van der Waals surface area contributed by atoms with Gasteiger partial charge in [0.05, 0.1) is 11.0 Å². The number of fused-ring (bicyclic) bond motifs is 1. The molecule has 5 rings (SSSR count). The molecule has 38 heavy (non-hydrogen) atoms. The number of anilines is 1. The Balaban J connectivity index is 1.31. The number of rotatable bonds is 7. The zero-order valence-electron chi connectivity index (χ0n) is 21.2. The summed E-state index contributed by atoms with van der Waals surface area (Å²) in [5.74, 6) is 0.526. The van der Waals surface area contributed by atoms with E-state index in [1.165, 1.54) is 0 Å². The molecule has 9 heteroatoms. The molecular weight excluding hydrogens is 568 g/mol. The van der Waals surface area contributed by atoms with Gasteiger partial charge in [-0.3, -0.25) is 9.59 Å². The van der Waals surface area contributed by atoms with Crippen LogP contribution in [0.5, 0.6) is 0 Å². The second kappa shape index (κ2) is 10.9. The molecule has 7 nitrogen and oxygen atoms in total. The Morgan fingerprint density at radius 1 is 1.13 bits per heavy atom. The van der Waals surface area contributed by atoms with E-state index in [1.807, 2.05) is 67.1 Å². The predicted molar refractivity (Wildman–Crippen MR) is 153 cm³/mol. The van der Waals surface area contributed by atoms with E-state index in [0.29, 0.717) is 30.2 Å². The fourth-order valence-electron chi connectivity index (χ4n) is 4.66. The third-order valence-corrected chi connectivity index (χ3v) is 7.85. The highest BCUT2D eigenvalue weighted by molar-refractivity contribution is 9.10. The summed E-state index contributed by atoms with van der Waals surface area (Å²) >= 11 is 9.94. The van der Waals surface area contributed by atoms with Gasteiger partial charge in [-0.25, -0.2) is 4.98 Å². The van der Waals surface area contributed by atoms with Crippen molar-refractivity contribution in [3.63, 3.8) is 0 Å². The first kappa shape index (κ1) is 26.4. The SMILES string of the molecule is Cn1c(Cc2cc(CNC(=O)C3(C)CCCO3)ccc2Cl)nc2cc(C(=O)Nc3ccc(Br)cc3)ccc21. The highest BCUT2D eigenvalue weighted by Crippen LogP contribution is 2.26. The summed E-state index contributed by atoms with van der Waals surface area (Å²) in [4.78, 5) is 30.2. The van der Waals surface area contributed by atoms with Gasteiger partial charge < -0.3 is 19.9 Å². The second-order valence-electron chi connectivity index (χ2n) is 9.72. The van der Waals surface area contributed by atoms with Crippen molar-refractivity contribution in [3.8, 4) is 0 Å². The lowest BCUT2D eigenvalue weighted by atomic mass is 10.0. The quantitative estimate of drug-likeness (QED) is 0.274. The summed E-state index contributed by atoms with van der Waals surface area (Å²) in [6.07, 6.45) is 2.13. The molecular formula is C29H28BrClN4O3. The Morgan fingerprint density at radius 3 is 2.66 bits per heavy atom. The average molecular weight is 596 g/mol. The molecule has 1 aromatic heterocycles. The maximum Gasteiger partial charge on any atom is 0.255 e. The van der Waals surface area contributed by atoms with Crippen molar-refractivity contribution in [1.29, 1.82) is 0 Å². The number of imidazole rings is 1. The normalized spacial score (nSPS) is 17.1. The van der Waals surface area contributed by atoms with Crippen molar-refractivity contribution in [2.75, 3.05) is 11.9 Å². The van der Waals surface area contributed by atoms with Gasteiger partial charge in [0.2, 0.25) is 0 Å². The molecule has 1 unspecified atom stereocenters. The number of aryl methyl sites for hydroxylation is 1. The van der Waals surface area contributed by atoms with E-state index in [-0.39, 0.29) is 11.8 Å². The van der Waals surface area contributed by atoms with Crippen molar-refractivity contribution in [2.45, 2.75) is 38.3 Å². The minimum absolute atomic E-state index is 0.0955. The summed E-state index contributed by atoms with van der Waals surface area (Å²) in [5.41, 5.74) is 4.01. The maximum absolute atomic E-state index is 12.8. The molecule has 1 atom stereocenters. The number of halogens is 2. The van der Waals surface area contributed by atoms with Crippen LogP contribution in [-0.4, -0.2) is 33.6 Å². The van der Waals surface area contributed by atoms with Crippen LogP contribution in [0, 0.1) is 0 Å². The Morgan fingerprint density at radius 2 is 1.92 bits per heavy atom. The smallest absolute Gasteiger partial charge is 0.255 e. The minimum Gasteiger partial charge on any atom is -0.365 e. The fourth-order valence-corrected chi connectivity index (χ4v) is 5.11. The molecule has 1 fully saturated rings. The Labute approximate surface area is 234 Å². The molecule has 0 saturated carbocycles. The molecule has 0 spiro atoms. The van der Waals surface area contributed by atoms with Gasteiger partial charge >= 0.3 is 0 Å². The van der Waals surface area contributed by atoms with E-state index in [1.54, 1.807) is 12.1 Å². The van der Waals surface area contributed by atoms with Crippen LogP contribution in [0.2, 0.25) is 5.02 Å². The van der Waals surface area contributed by atoms with Gasteiger partial charge in [0.1, 0.15) is 11.4 Å². The number of aromatic nitrogens is 2. The van der Waals surface area contributed by atoms with Crippen molar-refractivity contribution in [2.24, 2.45) is 7.05 Å². The average Bonchev–Trinajstić information content (AvgIpc) is 3.49. The summed E-state index contributed by atoms with van der Waals surface area (Å²) < 4.78 is 8.60. The van der Waals surface area contributed by atoms with E-state index >= 15 is 0 Å². The van der Waals surface area contributed by atoms with E-state index < -0.39 is 5.60 Å². The van der Waals surface area contributed by atoms with Gasteiger partial charge in [0.25, 0.3) is 11.8 Å². The largest absolute Gasteiger partial charge is 0.365 e. The molecule has 1 aliphatic heterocycles. The molecule has 1 aliphatic rings. The first-order valence-corrected chi connectivity index (χ1v) is 13.6. The summed E-state index contributed by atoms with van der Waals surface area (Å²) in [6.45, 7) is 2.84. The summed E-state index contributed by atoms with van der Waals surface area (Å²) in [6, 6.07) is 18.7. The number of nitrogens with zero attached hydrogens (tertiary/aromatic N) is 2. The van der Waals surface area contributed by atoms with E-state index in [2.05, 4.69) is 26.6 Å². The molecule has 2 N–H and O–H groups in total. The van der Waals surface area contributed by atoms with Crippen molar-refractivity contribution in [1.82, 2.24) is 14.9 Å². The van der Waals surface area contributed by atoms with Gasteiger partial charge in [-0.1, -0.05) is 39.7 Å². The monoisotopic (exact) mass is 594 g/mol. The Hall–Kier alpha value is -3.20. The third kappa shape index (κ3) is 5.62. The maximum atomic E-state index is 12.8. The number of amides is 2. The van der Waals surface area contributed by atoms with E-state index in [4.69, 9.17) is 21.3 Å². The van der Waals surface area contributed by atoms with Crippen molar-refractivity contribution < 1.29 is 14.3 Å². The number of benzene rings is 3. The van der Waals surface area contributed by atoms with Crippen LogP contribution in [0.1, 0.15) is 47.1 Å². The number of hydrogen-bond donors (Lipinski definition) is 2. The first-order chi connectivity index (χ1) is 18.2. The number of carbonyl (C=O) groups excluding carboxylic acids is 2. The number of carbonyl (C=O) groups is 2. The van der Waals surface area contributed by atoms with Crippen LogP contribution in [-0.2, 0) is 29.5 Å². The standard InChI is InChI=1S/C29H28BrClN4O3/c1-29(12-3-13-38-29)28(37)32-17-18-4-10-23(31)20(14-18)16-26-34-24-15-19(5-11-25(24)35(26)2)27(36)33-22-8-6-21(30)7-9-22/h4-11,14-15H,3,12-13,16-17H2,1-2H3,(H,32,37)(H,33,36). The zero-order chi connectivity index (χ0) is 26.9. The van der Waals surface area contributed by atoms with Gasteiger partial charge in [-0.2, -0.15) is 0 Å². The van der Waals surface area contributed by atoms with Crippen LogP contribution >= 0.6 is 27.5 Å². The predicted octanol–water partition coefficient (Wildman–Crippen LogP) is 6.02. The van der Waals surface area contributed by atoms with Crippen LogP contribution in [0.25, 0.3) is 11.0 Å². The third-order valence-electron chi connectivity index (χ3n) is 6.95. The summed E-state index contributed by atoms with van der Waals surface area (Å²) in [7, 11) is 1.95. The van der Waals surface area contributed by atoms with Crippen molar-refractivity contribution in [3.05, 3.63) is 92.7 Å². The van der Waals surface area contributed by atoms with Gasteiger partial charge in [-0.15, -0.1) is 0 Å². The first-order valence-electron chi connectivity index (χ1n) is 12.4. The number of nitrogens with one attached hydrogen (secondary N) is 2. The highest BCUT2D eigenvalue weighted by atomic mass is 79.9. The lowest BCUT2D eigenvalue weighted by molar-refractivity contribution is -0.139.